The number of amides is 2. The first-order valence-corrected chi connectivity index (χ1v) is 12.8. The second kappa shape index (κ2) is 10.6. The van der Waals surface area contributed by atoms with E-state index in [1.54, 1.807) is 24.3 Å². The molecule has 1 aliphatic heterocycles. The molecule has 0 atom stereocenters. The number of nitrogens with one attached hydrogen (secondary N) is 2. The van der Waals surface area contributed by atoms with Gasteiger partial charge in [0.1, 0.15) is 21.6 Å². The van der Waals surface area contributed by atoms with Crippen LogP contribution < -0.4 is 10.6 Å². The molecule has 1 saturated carbocycles. The molecule has 1 aliphatic carbocycles. The van der Waals surface area contributed by atoms with Crippen molar-refractivity contribution in [2.75, 3.05) is 36.9 Å². The monoisotopic (exact) mass is 561 g/mol. The van der Waals surface area contributed by atoms with Crippen molar-refractivity contribution in [3.8, 4) is 0 Å². The highest BCUT2D eigenvalue weighted by atomic mass is 79.9. The Morgan fingerprint density at radius 3 is 2.54 bits per heavy atom. The van der Waals surface area contributed by atoms with Gasteiger partial charge in [-0.05, 0) is 65.9 Å². The fourth-order valence-electron chi connectivity index (χ4n) is 4.72. The van der Waals surface area contributed by atoms with Gasteiger partial charge in [-0.15, -0.1) is 0 Å². The van der Waals surface area contributed by atoms with E-state index in [1.807, 2.05) is 0 Å². The zero-order valence-electron chi connectivity index (χ0n) is 18.9. The van der Waals surface area contributed by atoms with Gasteiger partial charge in [-0.3, -0.25) is 14.5 Å². The summed E-state index contributed by atoms with van der Waals surface area (Å²) >= 11 is 9.24. The number of hydrogen-bond acceptors (Lipinski definition) is 7. The highest BCUT2D eigenvalue weighted by Crippen LogP contribution is 2.34. The van der Waals surface area contributed by atoms with Crippen molar-refractivity contribution in [1.82, 2.24) is 14.9 Å². The molecule has 0 spiro atoms. The lowest BCUT2D eigenvalue weighted by molar-refractivity contribution is -0.121. The third kappa shape index (κ3) is 5.50. The molecule has 0 bridgehead atoms. The third-order valence-corrected chi connectivity index (χ3v) is 7.22. The molecule has 3 aromatic rings. The van der Waals surface area contributed by atoms with Gasteiger partial charge in [0.15, 0.2) is 5.58 Å². The lowest BCUT2D eigenvalue weighted by Crippen LogP contribution is -2.45. The van der Waals surface area contributed by atoms with Crippen LogP contribution in [0.15, 0.2) is 39.5 Å². The van der Waals surface area contributed by atoms with Gasteiger partial charge in [0, 0.05) is 31.2 Å². The van der Waals surface area contributed by atoms with Gasteiger partial charge in [-0.1, -0.05) is 11.6 Å². The van der Waals surface area contributed by atoms with E-state index in [9.17, 15) is 9.59 Å². The molecule has 9 nitrogen and oxygen atoms in total. The summed E-state index contributed by atoms with van der Waals surface area (Å²) in [6.07, 6.45) is 4.94. The number of nitrogens with zero attached hydrogens (tertiary/aromatic N) is 3. The van der Waals surface area contributed by atoms with Crippen LogP contribution in [0.4, 0.5) is 11.5 Å². The number of halogens is 2. The predicted octanol–water partition coefficient (Wildman–Crippen LogP) is 4.72. The second-order valence-corrected chi connectivity index (χ2v) is 9.99. The molecular formula is C24H25BrClN5O4. The van der Waals surface area contributed by atoms with E-state index in [2.05, 4.69) is 41.4 Å². The highest BCUT2D eigenvalue weighted by molar-refractivity contribution is 9.10. The maximum Gasteiger partial charge on any atom is 0.294 e. The van der Waals surface area contributed by atoms with E-state index in [0.717, 1.165) is 52.0 Å². The molecule has 3 aromatic heterocycles. The number of anilines is 2. The van der Waals surface area contributed by atoms with Gasteiger partial charge < -0.3 is 19.8 Å². The van der Waals surface area contributed by atoms with Gasteiger partial charge in [0.2, 0.25) is 11.7 Å². The zero-order chi connectivity index (χ0) is 24.4. The summed E-state index contributed by atoms with van der Waals surface area (Å²) in [5, 5.41) is 6.09. The smallest absolute Gasteiger partial charge is 0.294 e. The van der Waals surface area contributed by atoms with E-state index >= 15 is 0 Å². The Morgan fingerprint density at radius 2 is 1.83 bits per heavy atom. The van der Waals surface area contributed by atoms with Crippen LogP contribution in [-0.2, 0) is 9.53 Å². The number of hydrogen-bond donors (Lipinski definition) is 2. The Bertz CT molecular complexity index is 1220. The molecular weight excluding hydrogens is 538 g/mol. The molecule has 35 heavy (non-hydrogen) atoms. The zero-order valence-corrected chi connectivity index (χ0v) is 21.3. The molecule has 1 saturated heterocycles. The molecule has 5 rings (SSSR count). The van der Waals surface area contributed by atoms with E-state index in [1.165, 1.54) is 6.20 Å². The van der Waals surface area contributed by atoms with Crippen LogP contribution in [0.2, 0.25) is 5.02 Å². The number of furan rings is 1. The molecule has 0 unspecified atom stereocenters. The number of morpholine rings is 1. The number of carbonyl (C=O) groups excluding carboxylic acids is 2. The van der Waals surface area contributed by atoms with Crippen LogP contribution in [0.1, 0.15) is 36.2 Å². The van der Waals surface area contributed by atoms with Gasteiger partial charge in [-0.25, -0.2) is 9.97 Å². The number of pyridine rings is 2. The molecule has 0 radical (unpaired) electrons. The van der Waals surface area contributed by atoms with E-state index in [-0.39, 0.29) is 23.3 Å². The number of aromatic nitrogens is 2. The molecule has 2 fully saturated rings. The minimum Gasteiger partial charge on any atom is -0.447 e. The number of ether oxygens (including phenoxy) is 1. The molecule has 2 amide bonds. The van der Waals surface area contributed by atoms with Crippen LogP contribution >= 0.6 is 27.5 Å². The van der Waals surface area contributed by atoms with Crippen LogP contribution in [0.5, 0.6) is 0 Å². The van der Waals surface area contributed by atoms with Gasteiger partial charge in [0.05, 0.1) is 18.2 Å². The lowest BCUT2D eigenvalue weighted by atomic mass is 9.84. The van der Waals surface area contributed by atoms with Crippen molar-refractivity contribution in [2.45, 2.75) is 31.7 Å². The predicted molar refractivity (Wildman–Crippen MR) is 136 cm³/mol. The number of carbonyl (C=O) groups is 2. The first-order chi connectivity index (χ1) is 17.0. The first kappa shape index (κ1) is 24.2. The normalized spacial score (nSPS) is 21.1. The van der Waals surface area contributed by atoms with Crippen molar-refractivity contribution < 1.29 is 18.7 Å². The maximum absolute atomic E-state index is 13.3. The van der Waals surface area contributed by atoms with Crippen molar-refractivity contribution in [2.24, 2.45) is 5.92 Å². The average Bonchev–Trinajstić information content (AvgIpc) is 3.23. The quantitative estimate of drug-likeness (QED) is 0.433. The van der Waals surface area contributed by atoms with Crippen LogP contribution in [0.25, 0.3) is 11.1 Å². The minimum absolute atomic E-state index is 0.0299. The van der Waals surface area contributed by atoms with Crippen molar-refractivity contribution >= 4 is 62.0 Å². The van der Waals surface area contributed by atoms with Gasteiger partial charge in [0.25, 0.3) is 5.91 Å². The standard InChI is InChI=1S/C24H25BrClN5O4/c25-18-7-6-17-20(28-18)21(22(35-17)24(33)29-19-8-3-15(26)13-27-19)30-23(32)14-1-4-16(5-2-14)31-9-11-34-12-10-31/h3,6-8,13-14,16H,1-2,4-5,9-12H2,(H,30,32)(H,27,29,33). The van der Waals surface area contributed by atoms with Crippen molar-refractivity contribution in [1.29, 1.82) is 0 Å². The molecule has 0 aromatic carbocycles. The molecule has 4 heterocycles. The van der Waals surface area contributed by atoms with Crippen molar-refractivity contribution in [3.63, 3.8) is 0 Å². The second-order valence-electron chi connectivity index (χ2n) is 8.75. The number of fused-ring (bicyclic) bond motifs is 1. The van der Waals surface area contributed by atoms with E-state index in [4.69, 9.17) is 20.8 Å². The summed E-state index contributed by atoms with van der Waals surface area (Å²) in [6, 6.07) is 7.11. The van der Waals surface area contributed by atoms with Gasteiger partial charge >= 0.3 is 0 Å². The summed E-state index contributed by atoms with van der Waals surface area (Å²) in [7, 11) is 0. The Balaban J connectivity index is 1.33. The summed E-state index contributed by atoms with van der Waals surface area (Å²) < 4.78 is 11.8. The Morgan fingerprint density at radius 1 is 1.06 bits per heavy atom. The molecule has 2 aliphatic rings. The fraction of sp³-hybridized carbons (Fsp3) is 0.417. The lowest BCUT2D eigenvalue weighted by Gasteiger charge is -2.38. The largest absolute Gasteiger partial charge is 0.447 e. The Hall–Kier alpha value is -2.53. The SMILES string of the molecule is O=C(Nc1ccc(Cl)cn1)c1oc2ccc(Br)nc2c1NC(=O)C1CCC(N2CCOCC2)CC1. The van der Waals surface area contributed by atoms with Crippen LogP contribution in [-0.4, -0.2) is 59.0 Å². The van der Waals surface area contributed by atoms with Gasteiger partial charge in [-0.2, -0.15) is 0 Å². The summed E-state index contributed by atoms with van der Waals surface area (Å²) in [5.74, 6) is -0.530. The Kier molecular flexibility index (Phi) is 7.33. The summed E-state index contributed by atoms with van der Waals surface area (Å²) in [5.41, 5.74) is 1.06. The topological polar surface area (TPSA) is 110 Å². The summed E-state index contributed by atoms with van der Waals surface area (Å²) in [4.78, 5) is 37.3. The molecule has 2 N–H and O–H groups in total. The fourth-order valence-corrected chi connectivity index (χ4v) is 5.14. The highest BCUT2D eigenvalue weighted by Gasteiger charge is 2.32. The molecule has 11 heteroatoms. The van der Waals surface area contributed by atoms with Crippen molar-refractivity contribution in [3.05, 3.63) is 45.8 Å². The number of rotatable bonds is 5. The van der Waals surface area contributed by atoms with E-state index < -0.39 is 5.91 Å². The van der Waals surface area contributed by atoms with E-state index in [0.29, 0.717) is 32.6 Å². The Labute approximate surface area is 215 Å². The minimum atomic E-state index is -0.541. The van der Waals surface area contributed by atoms with Crippen LogP contribution in [0.3, 0.4) is 0 Å². The third-order valence-electron chi connectivity index (χ3n) is 6.55. The van der Waals surface area contributed by atoms with Crippen LogP contribution in [0, 0.1) is 5.92 Å². The maximum atomic E-state index is 13.3. The molecule has 184 valence electrons. The average molecular weight is 563 g/mol. The summed E-state index contributed by atoms with van der Waals surface area (Å²) in [6.45, 7) is 3.44. The first-order valence-electron chi connectivity index (χ1n) is 11.6.